The Kier molecular flexibility index (Phi) is 5.75. The maximum absolute atomic E-state index is 12.9. The van der Waals surface area contributed by atoms with Crippen LogP contribution in [0.4, 0.5) is 4.79 Å². The second-order valence-electron chi connectivity index (χ2n) is 6.77. The number of hydrogen-bond acceptors (Lipinski definition) is 4. The van der Waals surface area contributed by atoms with E-state index in [1.165, 1.54) is 9.80 Å². The molecule has 0 aromatic heterocycles. The molecule has 0 bridgehead atoms. The minimum absolute atomic E-state index is 0.151. The van der Waals surface area contributed by atoms with Gasteiger partial charge in [-0.15, -0.1) is 0 Å². The maximum Gasteiger partial charge on any atom is 0.410 e. The van der Waals surface area contributed by atoms with Crippen LogP contribution in [0.3, 0.4) is 0 Å². The van der Waals surface area contributed by atoms with Crippen LogP contribution in [-0.2, 0) is 20.9 Å². The maximum atomic E-state index is 12.9. The summed E-state index contributed by atoms with van der Waals surface area (Å²) in [7, 11) is 0. The van der Waals surface area contributed by atoms with Crippen molar-refractivity contribution in [3.05, 3.63) is 35.9 Å². The lowest BCUT2D eigenvalue weighted by Gasteiger charge is -2.36. The van der Waals surface area contributed by atoms with Gasteiger partial charge in [-0.05, 0) is 37.7 Å². The molecule has 2 atom stereocenters. The van der Waals surface area contributed by atoms with Crippen LogP contribution in [-0.4, -0.2) is 58.0 Å². The molecule has 0 radical (unpaired) electrons. The molecule has 140 valence electrons. The molecule has 1 N–H and O–H groups in total. The first-order valence-electron chi connectivity index (χ1n) is 9.08. The summed E-state index contributed by atoms with van der Waals surface area (Å²) in [6.45, 7) is 1.04. The monoisotopic (exact) mass is 360 g/mol. The fourth-order valence-electron chi connectivity index (χ4n) is 3.69. The summed E-state index contributed by atoms with van der Waals surface area (Å²) in [6, 6.07) is 7.94. The van der Waals surface area contributed by atoms with Crippen LogP contribution >= 0.6 is 0 Å². The van der Waals surface area contributed by atoms with E-state index in [1.807, 2.05) is 30.3 Å². The zero-order chi connectivity index (χ0) is 18.5. The van der Waals surface area contributed by atoms with Crippen molar-refractivity contribution < 1.29 is 24.2 Å². The van der Waals surface area contributed by atoms with Gasteiger partial charge in [0.05, 0.1) is 0 Å². The van der Waals surface area contributed by atoms with Crippen LogP contribution < -0.4 is 0 Å². The van der Waals surface area contributed by atoms with Gasteiger partial charge in [-0.2, -0.15) is 0 Å². The van der Waals surface area contributed by atoms with Crippen LogP contribution in [0.1, 0.15) is 37.7 Å². The molecule has 0 spiro atoms. The summed E-state index contributed by atoms with van der Waals surface area (Å²) in [6.07, 6.45) is 2.79. The van der Waals surface area contributed by atoms with Gasteiger partial charge in [0.1, 0.15) is 18.7 Å². The van der Waals surface area contributed by atoms with Crippen LogP contribution in [0.25, 0.3) is 0 Å². The molecule has 2 aliphatic heterocycles. The molecule has 0 aliphatic carbocycles. The summed E-state index contributed by atoms with van der Waals surface area (Å²) in [5.74, 6) is -1.25. The number of likely N-dealkylation sites (tertiary alicyclic amines) is 2. The number of ether oxygens (including phenoxy) is 1. The lowest BCUT2D eigenvalue weighted by Crippen LogP contribution is -2.54. The Hall–Kier alpha value is -2.57. The highest BCUT2D eigenvalue weighted by Gasteiger charge is 2.41. The Morgan fingerprint density at radius 1 is 0.962 bits per heavy atom. The number of nitrogens with zero attached hydrogens (tertiary/aromatic N) is 2. The van der Waals surface area contributed by atoms with E-state index in [-0.39, 0.29) is 12.5 Å². The Labute approximate surface area is 152 Å². The molecular formula is C19H24N2O5. The molecule has 0 saturated carbocycles. The van der Waals surface area contributed by atoms with Crippen LogP contribution in [0, 0.1) is 0 Å². The molecule has 2 amide bonds. The van der Waals surface area contributed by atoms with Gasteiger partial charge >= 0.3 is 12.1 Å². The number of piperidine rings is 1. The van der Waals surface area contributed by atoms with E-state index in [1.54, 1.807) is 0 Å². The highest BCUT2D eigenvalue weighted by atomic mass is 16.6. The predicted octanol–water partition coefficient (Wildman–Crippen LogP) is 2.25. The highest BCUT2D eigenvalue weighted by Crippen LogP contribution is 2.25. The number of benzene rings is 1. The first-order chi connectivity index (χ1) is 12.6. The Bertz CT molecular complexity index is 663. The van der Waals surface area contributed by atoms with Crippen molar-refractivity contribution in [1.29, 1.82) is 0 Å². The molecular weight excluding hydrogens is 336 g/mol. The summed E-state index contributed by atoms with van der Waals surface area (Å²) >= 11 is 0. The minimum Gasteiger partial charge on any atom is -0.480 e. The van der Waals surface area contributed by atoms with Gasteiger partial charge in [-0.3, -0.25) is 9.69 Å². The van der Waals surface area contributed by atoms with E-state index in [4.69, 9.17) is 4.74 Å². The van der Waals surface area contributed by atoms with Crippen molar-refractivity contribution in [2.45, 2.75) is 50.8 Å². The van der Waals surface area contributed by atoms with Gasteiger partial charge in [-0.25, -0.2) is 9.59 Å². The lowest BCUT2D eigenvalue weighted by molar-refractivity contribution is -0.153. The molecule has 2 fully saturated rings. The Morgan fingerprint density at radius 2 is 1.65 bits per heavy atom. The number of amides is 2. The van der Waals surface area contributed by atoms with Gasteiger partial charge in [0.2, 0.25) is 5.91 Å². The van der Waals surface area contributed by atoms with Crippen LogP contribution in [0.2, 0.25) is 0 Å². The third-order valence-corrected chi connectivity index (χ3v) is 5.05. The Morgan fingerprint density at radius 3 is 2.38 bits per heavy atom. The van der Waals surface area contributed by atoms with E-state index in [0.29, 0.717) is 32.4 Å². The predicted molar refractivity (Wildman–Crippen MR) is 93.3 cm³/mol. The average Bonchev–Trinajstić information content (AvgIpc) is 3.16. The third-order valence-electron chi connectivity index (χ3n) is 5.05. The van der Waals surface area contributed by atoms with E-state index in [9.17, 15) is 19.5 Å². The smallest absolute Gasteiger partial charge is 0.410 e. The number of rotatable bonds is 4. The zero-order valence-corrected chi connectivity index (χ0v) is 14.7. The van der Waals surface area contributed by atoms with Crippen molar-refractivity contribution in [3.8, 4) is 0 Å². The van der Waals surface area contributed by atoms with Crippen molar-refractivity contribution in [2.24, 2.45) is 0 Å². The molecule has 3 rings (SSSR count). The molecule has 26 heavy (non-hydrogen) atoms. The van der Waals surface area contributed by atoms with E-state index >= 15 is 0 Å². The molecule has 2 heterocycles. The minimum atomic E-state index is -0.978. The van der Waals surface area contributed by atoms with Gasteiger partial charge in [0.15, 0.2) is 0 Å². The number of carbonyl (C=O) groups is 3. The summed E-state index contributed by atoms with van der Waals surface area (Å²) in [4.78, 5) is 39.7. The number of carboxylic acids is 1. The first-order valence-corrected chi connectivity index (χ1v) is 9.08. The van der Waals surface area contributed by atoms with Crippen molar-refractivity contribution in [2.75, 3.05) is 13.1 Å². The summed E-state index contributed by atoms with van der Waals surface area (Å²) in [5.41, 5.74) is 0.880. The van der Waals surface area contributed by atoms with E-state index in [2.05, 4.69) is 0 Å². The van der Waals surface area contributed by atoms with E-state index < -0.39 is 24.1 Å². The zero-order valence-electron chi connectivity index (χ0n) is 14.7. The molecule has 1 aromatic carbocycles. The van der Waals surface area contributed by atoms with Crippen molar-refractivity contribution in [1.82, 2.24) is 9.80 Å². The summed E-state index contributed by atoms with van der Waals surface area (Å²) in [5, 5.41) is 9.39. The largest absolute Gasteiger partial charge is 0.480 e. The standard InChI is InChI=1S/C19H24N2O5/c22-17(20-11-5-4-9-16(20)18(23)24)15-10-6-12-21(15)19(25)26-13-14-7-2-1-3-8-14/h1-3,7-8,15-16H,4-6,9-13H2,(H,23,24)/t15-,16-/m0/s1. The molecule has 0 unspecified atom stereocenters. The Balaban J connectivity index is 1.64. The number of carboxylic acid groups (broad SMARTS) is 1. The van der Waals surface area contributed by atoms with Gasteiger partial charge in [-0.1, -0.05) is 30.3 Å². The number of aliphatic carboxylic acids is 1. The third kappa shape index (κ3) is 3.98. The van der Waals surface area contributed by atoms with E-state index in [0.717, 1.165) is 18.4 Å². The molecule has 7 nitrogen and oxygen atoms in total. The second kappa shape index (κ2) is 8.21. The topological polar surface area (TPSA) is 87.2 Å². The highest BCUT2D eigenvalue weighted by molar-refractivity contribution is 5.89. The van der Waals surface area contributed by atoms with Crippen LogP contribution in [0.5, 0.6) is 0 Å². The second-order valence-corrected chi connectivity index (χ2v) is 6.77. The quantitative estimate of drug-likeness (QED) is 0.890. The first kappa shape index (κ1) is 18.2. The van der Waals surface area contributed by atoms with Crippen molar-refractivity contribution in [3.63, 3.8) is 0 Å². The normalized spacial score (nSPS) is 22.9. The van der Waals surface area contributed by atoms with Crippen LogP contribution in [0.15, 0.2) is 30.3 Å². The number of hydrogen-bond donors (Lipinski definition) is 1. The van der Waals surface area contributed by atoms with Crippen molar-refractivity contribution >= 4 is 18.0 Å². The van der Waals surface area contributed by atoms with Gasteiger partial charge < -0.3 is 14.7 Å². The van der Waals surface area contributed by atoms with Gasteiger partial charge in [0, 0.05) is 13.1 Å². The average molecular weight is 360 g/mol. The molecule has 7 heteroatoms. The molecule has 2 aliphatic rings. The fraction of sp³-hybridized carbons (Fsp3) is 0.526. The molecule has 1 aromatic rings. The number of carbonyl (C=O) groups excluding carboxylic acids is 2. The SMILES string of the molecule is O=C(O)[C@@H]1CCCCN1C(=O)[C@@H]1CCCN1C(=O)OCc1ccccc1. The summed E-state index contributed by atoms with van der Waals surface area (Å²) < 4.78 is 5.35. The fourth-order valence-corrected chi connectivity index (χ4v) is 3.69. The lowest BCUT2D eigenvalue weighted by atomic mass is 10.0. The molecule has 2 saturated heterocycles. The van der Waals surface area contributed by atoms with Gasteiger partial charge in [0.25, 0.3) is 0 Å².